The highest BCUT2D eigenvalue weighted by Gasteiger charge is 2.18. The van der Waals surface area contributed by atoms with Crippen LogP contribution in [0.4, 0.5) is 5.69 Å². The minimum Gasteiger partial charge on any atom is -0.378 e. The number of piperidine rings is 1. The smallest absolute Gasteiger partial charge is 0.0364 e. The summed E-state index contributed by atoms with van der Waals surface area (Å²) in [5, 5.41) is 0. The normalized spacial score (nSPS) is 17.6. The molecule has 0 bridgehead atoms. The second-order valence-corrected chi connectivity index (χ2v) is 5.86. The van der Waals surface area contributed by atoms with Crippen LogP contribution in [-0.2, 0) is 6.54 Å². The largest absolute Gasteiger partial charge is 0.378 e. The van der Waals surface area contributed by atoms with E-state index < -0.39 is 0 Å². The topological polar surface area (TPSA) is 32.5 Å². The van der Waals surface area contributed by atoms with Crippen LogP contribution in [0.2, 0.25) is 0 Å². The molecule has 1 heterocycles. The molecule has 0 amide bonds. The SMILES string of the molecule is CN(C)c1cccc(CN2CCC(CCN)CC2)c1. The molecule has 0 radical (unpaired) electrons. The minimum atomic E-state index is 0.843. The Hall–Kier alpha value is -1.06. The number of hydrogen-bond donors (Lipinski definition) is 1. The molecule has 1 saturated heterocycles. The van der Waals surface area contributed by atoms with Crippen LogP contribution < -0.4 is 10.6 Å². The Kier molecular flexibility index (Phi) is 5.23. The molecule has 3 nitrogen and oxygen atoms in total. The van der Waals surface area contributed by atoms with Crippen molar-refractivity contribution in [1.82, 2.24) is 4.90 Å². The number of nitrogens with two attached hydrogens (primary N) is 1. The number of hydrogen-bond acceptors (Lipinski definition) is 3. The van der Waals surface area contributed by atoms with Gasteiger partial charge in [-0.3, -0.25) is 4.90 Å². The Morgan fingerprint density at radius 2 is 2.00 bits per heavy atom. The molecule has 1 aromatic carbocycles. The predicted octanol–water partition coefficient (Wildman–Crippen LogP) is 2.31. The highest BCUT2D eigenvalue weighted by atomic mass is 15.1. The van der Waals surface area contributed by atoms with Gasteiger partial charge < -0.3 is 10.6 Å². The van der Waals surface area contributed by atoms with Crippen molar-refractivity contribution >= 4 is 5.69 Å². The van der Waals surface area contributed by atoms with Gasteiger partial charge in [-0.15, -0.1) is 0 Å². The standard InChI is InChI=1S/C16H27N3/c1-18(2)16-5-3-4-15(12-16)13-19-10-7-14(6-9-17)8-11-19/h3-5,12,14H,6-11,13,17H2,1-2H3. The van der Waals surface area contributed by atoms with Gasteiger partial charge in [0.05, 0.1) is 0 Å². The average molecular weight is 261 g/mol. The van der Waals surface area contributed by atoms with Crippen LogP contribution in [0, 0.1) is 5.92 Å². The van der Waals surface area contributed by atoms with Crippen molar-refractivity contribution in [2.75, 3.05) is 38.6 Å². The van der Waals surface area contributed by atoms with Crippen LogP contribution >= 0.6 is 0 Å². The summed E-state index contributed by atoms with van der Waals surface area (Å²) in [6.45, 7) is 4.36. The second-order valence-electron chi connectivity index (χ2n) is 5.86. The quantitative estimate of drug-likeness (QED) is 0.883. The van der Waals surface area contributed by atoms with Crippen molar-refractivity contribution in [3.8, 4) is 0 Å². The Morgan fingerprint density at radius 3 is 2.63 bits per heavy atom. The lowest BCUT2D eigenvalue weighted by molar-refractivity contribution is 0.173. The maximum Gasteiger partial charge on any atom is 0.0364 e. The van der Waals surface area contributed by atoms with Gasteiger partial charge in [0, 0.05) is 26.3 Å². The molecule has 0 spiro atoms. The molecular formula is C16H27N3. The molecule has 0 atom stereocenters. The Morgan fingerprint density at radius 1 is 1.26 bits per heavy atom. The van der Waals surface area contributed by atoms with Crippen molar-refractivity contribution < 1.29 is 0 Å². The van der Waals surface area contributed by atoms with Gasteiger partial charge in [-0.05, 0) is 62.5 Å². The van der Waals surface area contributed by atoms with Gasteiger partial charge in [-0.1, -0.05) is 12.1 Å². The maximum absolute atomic E-state index is 5.64. The molecule has 0 aromatic heterocycles. The van der Waals surface area contributed by atoms with Crippen LogP contribution in [0.1, 0.15) is 24.8 Å². The van der Waals surface area contributed by atoms with E-state index in [1.54, 1.807) is 0 Å². The molecule has 2 N–H and O–H groups in total. The third-order valence-electron chi connectivity index (χ3n) is 4.12. The van der Waals surface area contributed by atoms with E-state index in [9.17, 15) is 0 Å². The lowest BCUT2D eigenvalue weighted by atomic mass is 9.93. The number of anilines is 1. The summed E-state index contributed by atoms with van der Waals surface area (Å²) in [6, 6.07) is 8.85. The van der Waals surface area contributed by atoms with Gasteiger partial charge in [-0.2, -0.15) is 0 Å². The highest BCUT2D eigenvalue weighted by Crippen LogP contribution is 2.22. The van der Waals surface area contributed by atoms with Crippen LogP contribution in [0.3, 0.4) is 0 Å². The molecule has 1 fully saturated rings. The fourth-order valence-corrected chi connectivity index (χ4v) is 2.86. The lowest BCUT2D eigenvalue weighted by Gasteiger charge is -2.32. The average Bonchev–Trinajstić information content (AvgIpc) is 2.42. The Labute approximate surface area is 117 Å². The summed E-state index contributed by atoms with van der Waals surface area (Å²) >= 11 is 0. The van der Waals surface area contributed by atoms with E-state index in [0.29, 0.717) is 0 Å². The molecular weight excluding hydrogens is 234 g/mol. The maximum atomic E-state index is 5.64. The Balaban J connectivity index is 1.87. The molecule has 2 rings (SSSR count). The zero-order valence-electron chi connectivity index (χ0n) is 12.3. The van der Waals surface area contributed by atoms with Gasteiger partial charge in [0.2, 0.25) is 0 Å². The first-order chi connectivity index (χ1) is 9.19. The van der Waals surface area contributed by atoms with Gasteiger partial charge in [-0.25, -0.2) is 0 Å². The molecule has 1 aliphatic heterocycles. The number of rotatable bonds is 5. The summed E-state index contributed by atoms with van der Waals surface area (Å²) in [7, 11) is 4.19. The molecule has 19 heavy (non-hydrogen) atoms. The van der Waals surface area contributed by atoms with Gasteiger partial charge in [0.1, 0.15) is 0 Å². The Bertz CT molecular complexity index is 381. The van der Waals surface area contributed by atoms with E-state index in [2.05, 4.69) is 48.2 Å². The summed E-state index contributed by atoms with van der Waals surface area (Å²) in [5.41, 5.74) is 8.35. The third kappa shape index (κ3) is 4.22. The van der Waals surface area contributed by atoms with Crippen molar-refractivity contribution in [1.29, 1.82) is 0 Å². The number of nitrogens with zero attached hydrogens (tertiary/aromatic N) is 2. The van der Waals surface area contributed by atoms with Crippen molar-refractivity contribution in [3.05, 3.63) is 29.8 Å². The highest BCUT2D eigenvalue weighted by molar-refractivity contribution is 5.47. The zero-order valence-corrected chi connectivity index (χ0v) is 12.3. The summed E-state index contributed by atoms with van der Waals surface area (Å²) in [6.07, 6.45) is 3.82. The summed E-state index contributed by atoms with van der Waals surface area (Å²) in [5.74, 6) is 0.856. The first kappa shape index (κ1) is 14.4. The number of benzene rings is 1. The summed E-state index contributed by atoms with van der Waals surface area (Å²) in [4.78, 5) is 4.73. The van der Waals surface area contributed by atoms with Crippen molar-refractivity contribution in [3.63, 3.8) is 0 Å². The predicted molar refractivity (Wildman–Crippen MR) is 82.4 cm³/mol. The second kappa shape index (κ2) is 6.92. The molecule has 0 unspecified atom stereocenters. The van der Waals surface area contributed by atoms with Crippen molar-refractivity contribution in [2.24, 2.45) is 11.7 Å². The molecule has 1 aromatic rings. The fourth-order valence-electron chi connectivity index (χ4n) is 2.86. The van der Waals surface area contributed by atoms with Crippen LogP contribution in [-0.4, -0.2) is 38.6 Å². The first-order valence-corrected chi connectivity index (χ1v) is 7.37. The first-order valence-electron chi connectivity index (χ1n) is 7.37. The molecule has 3 heteroatoms. The van der Waals surface area contributed by atoms with Crippen LogP contribution in [0.15, 0.2) is 24.3 Å². The molecule has 106 valence electrons. The molecule has 1 aliphatic rings. The zero-order chi connectivity index (χ0) is 13.7. The van der Waals surface area contributed by atoms with E-state index in [1.807, 2.05) is 0 Å². The van der Waals surface area contributed by atoms with E-state index in [0.717, 1.165) is 19.0 Å². The fraction of sp³-hybridized carbons (Fsp3) is 0.625. The molecule has 0 saturated carbocycles. The van der Waals surface area contributed by atoms with Gasteiger partial charge >= 0.3 is 0 Å². The molecule has 0 aliphatic carbocycles. The monoisotopic (exact) mass is 261 g/mol. The van der Waals surface area contributed by atoms with E-state index in [4.69, 9.17) is 5.73 Å². The number of likely N-dealkylation sites (tertiary alicyclic amines) is 1. The van der Waals surface area contributed by atoms with E-state index in [-0.39, 0.29) is 0 Å². The summed E-state index contributed by atoms with van der Waals surface area (Å²) < 4.78 is 0. The van der Waals surface area contributed by atoms with E-state index in [1.165, 1.54) is 43.6 Å². The lowest BCUT2D eigenvalue weighted by Crippen LogP contribution is -2.33. The minimum absolute atomic E-state index is 0.843. The van der Waals surface area contributed by atoms with E-state index >= 15 is 0 Å². The third-order valence-corrected chi connectivity index (χ3v) is 4.12. The van der Waals surface area contributed by atoms with Crippen molar-refractivity contribution in [2.45, 2.75) is 25.8 Å². The van der Waals surface area contributed by atoms with Crippen LogP contribution in [0.5, 0.6) is 0 Å². The van der Waals surface area contributed by atoms with Crippen LogP contribution in [0.25, 0.3) is 0 Å². The van der Waals surface area contributed by atoms with Gasteiger partial charge in [0.25, 0.3) is 0 Å². The van der Waals surface area contributed by atoms with Gasteiger partial charge in [0.15, 0.2) is 0 Å².